The molecule has 0 bridgehead atoms. The van der Waals surface area contributed by atoms with E-state index in [0.29, 0.717) is 6.61 Å². The molecule has 0 radical (unpaired) electrons. The predicted octanol–water partition coefficient (Wildman–Crippen LogP) is 4.31. The van der Waals surface area contributed by atoms with Gasteiger partial charge < -0.3 is 10.1 Å². The molecule has 2 aromatic carbocycles. The van der Waals surface area contributed by atoms with Crippen LogP contribution in [0.2, 0.25) is 0 Å². The summed E-state index contributed by atoms with van der Waals surface area (Å²) in [5, 5.41) is 3.80. The van der Waals surface area contributed by atoms with Crippen molar-refractivity contribution in [3.05, 3.63) is 58.9 Å². The van der Waals surface area contributed by atoms with Crippen LogP contribution in [0.5, 0.6) is 0 Å². The lowest BCUT2D eigenvalue weighted by atomic mass is 10.0. The molecule has 0 saturated carbocycles. The number of carbonyl (C=O) groups is 1. The SMILES string of the molecule is O=C(COCc1nc2ccccc2s1)NC1CCSc2ccc(F)cc21. The van der Waals surface area contributed by atoms with E-state index >= 15 is 0 Å². The summed E-state index contributed by atoms with van der Waals surface area (Å²) in [6.45, 7) is 0.267. The Labute approximate surface area is 158 Å². The number of amides is 1. The third-order valence-electron chi connectivity index (χ3n) is 4.14. The highest BCUT2D eigenvalue weighted by Crippen LogP contribution is 2.36. The Morgan fingerprint density at radius 1 is 1.31 bits per heavy atom. The van der Waals surface area contributed by atoms with Crippen molar-refractivity contribution in [1.82, 2.24) is 10.3 Å². The summed E-state index contributed by atoms with van der Waals surface area (Å²) in [5.74, 6) is 0.423. The molecule has 26 heavy (non-hydrogen) atoms. The van der Waals surface area contributed by atoms with Crippen LogP contribution >= 0.6 is 23.1 Å². The Bertz CT molecular complexity index is 911. The first-order valence-corrected chi connectivity index (χ1v) is 10.1. The van der Waals surface area contributed by atoms with Crippen LogP contribution in [0.1, 0.15) is 23.0 Å². The summed E-state index contributed by atoms with van der Waals surface area (Å²) >= 11 is 3.25. The van der Waals surface area contributed by atoms with Crippen LogP contribution in [0.25, 0.3) is 10.2 Å². The average molecular weight is 388 g/mol. The molecule has 0 saturated heterocycles. The first kappa shape index (κ1) is 17.5. The summed E-state index contributed by atoms with van der Waals surface area (Å²) in [6.07, 6.45) is 0.782. The van der Waals surface area contributed by atoms with E-state index in [2.05, 4.69) is 10.3 Å². The number of halogens is 1. The van der Waals surface area contributed by atoms with Gasteiger partial charge in [-0.3, -0.25) is 4.79 Å². The number of rotatable bonds is 5. The molecule has 0 spiro atoms. The fourth-order valence-corrected chi connectivity index (χ4v) is 4.97. The van der Waals surface area contributed by atoms with E-state index in [4.69, 9.17) is 4.74 Å². The van der Waals surface area contributed by atoms with Crippen molar-refractivity contribution in [1.29, 1.82) is 0 Å². The highest BCUT2D eigenvalue weighted by Gasteiger charge is 2.22. The van der Waals surface area contributed by atoms with E-state index in [1.165, 1.54) is 12.1 Å². The second-order valence-electron chi connectivity index (χ2n) is 6.01. The lowest BCUT2D eigenvalue weighted by Crippen LogP contribution is -2.33. The molecule has 0 aliphatic carbocycles. The molecule has 1 atom stereocenters. The van der Waals surface area contributed by atoms with Crippen molar-refractivity contribution in [3.63, 3.8) is 0 Å². The van der Waals surface area contributed by atoms with Crippen molar-refractivity contribution in [3.8, 4) is 0 Å². The molecule has 1 amide bonds. The Balaban J connectivity index is 1.33. The zero-order valence-corrected chi connectivity index (χ0v) is 15.5. The van der Waals surface area contributed by atoms with Crippen molar-refractivity contribution in [2.45, 2.75) is 24.0 Å². The monoisotopic (exact) mass is 388 g/mol. The summed E-state index contributed by atoms with van der Waals surface area (Å²) in [7, 11) is 0. The predicted molar refractivity (Wildman–Crippen MR) is 102 cm³/mol. The van der Waals surface area contributed by atoms with Gasteiger partial charge in [-0.2, -0.15) is 0 Å². The number of aromatic nitrogens is 1. The first-order valence-electron chi connectivity index (χ1n) is 8.33. The summed E-state index contributed by atoms with van der Waals surface area (Å²) in [6, 6.07) is 12.5. The maximum absolute atomic E-state index is 13.5. The number of benzene rings is 2. The number of thiazole rings is 1. The largest absolute Gasteiger partial charge is 0.364 e. The molecule has 1 aliphatic rings. The molecule has 1 N–H and O–H groups in total. The normalized spacial score (nSPS) is 16.4. The number of para-hydroxylation sites is 1. The Morgan fingerprint density at radius 3 is 3.08 bits per heavy atom. The van der Waals surface area contributed by atoms with Crippen molar-refractivity contribution >= 4 is 39.2 Å². The number of ether oxygens (including phenoxy) is 1. The highest BCUT2D eigenvalue weighted by molar-refractivity contribution is 7.99. The third kappa shape index (κ3) is 3.90. The first-order chi connectivity index (χ1) is 12.7. The van der Waals surface area contributed by atoms with Crippen LogP contribution in [-0.2, 0) is 16.1 Å². The van der Waals surface area contributed by atoms with E-state index in [9.17, 15) is 9.18 Å². The molecule has 1 aliphatic heterocycles. The van der Waals surface area contributed by atoms with Crippen LogP contribution in [0.4, 0.5) is 4.39 Å². The molecule has 2 heterocycles. The number of hydrogen-bond acceptors (Lipinski definition) is 5. The van der Waals surface area contributed by atoms with Gasteiger partial charge in [0.05, 0.1) is 22.9 Å². The van der Waals surface area contributed by atoms with Crippen LogP contribution in [0, 0.1) is 5.82 Å². The fourth-order valence-electron chi connectivity index (χ4n) is 2.96. The van der Waals surface area contributed by atoms with Gasteiger partial charge in [0, 0.05) is 10.6 Å². The van der Waals surface area contributed by atoms with Gasteiger partial charge in [-0.1, -0.05) is 12.1 Å². The quantitative estimate of drug-likeness (QED) is 0.708. The Hall–Kier alpha value is -1.96. The van der Waals surface area contributed by atoms with Gasteiger partial charge in [0.2, 0.25) is 5.91 Å². The van der Waals surface area contributed by atoms with Crippen LogP contribution in [-0.4, -0.2) is 23.3 Å². The van der Waals surface area contributed by atoms with Crippen molar-refractivity contribution in [2.24, 2.45) is 0 Å². The van der Waals surface area contributed by atoms with Gasteiger partial charge >= 0.3 is 0 Å². The van der Waals surface area contributed by atoms with E-state index in [1.54, 1.807) is 29.2 Å². The van der Waals surface area contributed by atoms with Crippen molar-refractivity contribution < 1.29 is 13.9 Å². The number of nitrogens with zero attached hydrogens (tertiary/aromatic N) is 1. The van der Waals surface area contributed by atoms with Gasteiger partial charge in [-0.15, -0.1) is 23.1 Å². The van der Waals surface area contributed by atoms with Gasteiger partial charge in [0.25, 0.3) is 0 Å². The molecule has 1 unspecified atom stereocenters. The minimum Gasteiger partial charge on any atom is -0.364 e. The molecule has 4 nitrogen and oxygen atoms in total. The summed E-state index contributed by atoms with van der Waals surface area (Å²) in [5.41, 5.74) is 1.79. The second-order valence-corrected chi connectivity index (χ2v) is 8.26. The summed E-state index contributed by atoms with van der Waals surface area (Å²) in [4.78, 5) is 17.7. The molecular weight excluding hydrogens is 371 g/mol. The van der Waals surface area contributed by atoms with E-state index in [-0.39, 0.29) is 24.4 Å². The fraction of sp³-hybridized carbons (Fsp3) is 0.263. The van der Waals surface area contributed by atoms with Crippen LogP contribution in [0.15, 0.2) is 47.4 Å². The standard InChI is InChI=1S/C19H17FN2O2S2/c20-12-5-6-16-13(9-12)14(7-8-25-16)21-18(23)10-24-11-19-22-15-3-1-2-4-17(15)26-19/h1-6,9,14H,7-8,10-11H2,(H,21,23). The van der Waals surface area contributed by atoms with Crippen LogP contribution in [0.3, 0.4) is 0 Å². The molecule has 7 heteroatoms. The number of fused-ring (bicyclic) bond motifs is 2. The van der Waals surface area contributed by atoms with Gasteiger partial charge in [0.1, 0.15) is 17.4 Å². The summed E-state index contributed by atoms with van der Waals surface area (Å²) < 4.78 is 20.2. The van der Waals surface area contributed by atoms with Gasteiger partial charge in [-0.05, 0) is 42.3 Å². The number of hydrogen-bond donors (Lipinski definition) is 1. The highest BCUT2D eigenvalue weighted by atomic mass is 32.2. The van der Waals surface area contributed by atoms with Gasteiger partial charge in [-0.25, -0.2) is 9.37 Å². The number of carbonyl (C=O) groups excluding carboxylic acids is 1. The van der Waals surface area contributed by atoms with E-state index < -0.39 is 0 Å². The number of nitrogens with one attached hydrogen (secondary N) is 1. The molecule has 4 rings (SSSR count). The maximum Gasteiger partial charge on any atom is 0.246 e. The minimum atomic E-state index is -0.280. The lowest BCUT2D eigenvalue weighted by Gasteiger charge is -2.26. The molecule has 1 aromatic heterocycles. The lowest BCUT2D eigenvalue weighted by molar-refractivity contribution is -0.126. The van der Waals surface area contributed by atoms with Crippen molar-refractivity contribution in [2.75, 3.05) is 12.4 Å². The zero-order chi connectivity index (χ0) is 17.9. The van der Waals surface area contributed by atoms with Crippen LogP contribution < -0.4 is 5.32 Å². The Morgan fingerprint density at radius 2 is 2.19 bits per heavy atom. The smallest absolute Gasteiger partial charge is 0.246 e. The van der Waals surface area contributed by atoms with Gasteiger partial charge in [0.15, 0.2) is 0 Å². The van der Waals surface area contributed by atoms with E-state index in [0.717, 1.165) is 37.9 Å². The topological polar surface area (TPSA) is 51.2 Å². The molecule has 3 aromatic rings. The second kappa shape index (κ2) is 7.73. The molecule has 0 fully saturated rings. The Kier molecular flexibility index (Phi) is 5.19. The zero-order valence-electron chi connectivity index (χ0n) is 13.9. The third-order valence-corrected chi connectivity index (χ3v) is 6.28. The molecular formula is C19H17FN2O2S2. The maximum atomic E-state index is 13.5. The van der Waals surface area contributed by atoms with E-state index in [1.807, 2.05) is 24.3 Å². The molecule has 134 valence electrons. The average Bonchev–Trinajstić information content (AvgIpc) is 3.05. The minimum absolute atomic E-state index is 0.0375. The number of thioether (sulfide) groups is 1.